The van der Waals surface area contributed by atoms with Crippen molar-refractivity contribution in [1.29, 1.82) is 0 Å². The lowest BCUT2D eigenvalue weighted by Crippen LogP contribution is -2.35. The van der Waals surface area contributed by atoms with E-state index in [2.05, 4.69) is 43.5 Å². The van der Waals surface area contributed by atoms with E-state index in [9.17, 15) is 0 Å². The van der Waals surface area contributed by atoms with Crippen LogP contribution in [0.2, 0.25) is 0 Å². The average molecular weight is 348 g/mol. The van der Waals surface area contributed by atoms with Gasteiger partial charge in [-0.05, 0) is 31.5 Å². The van der Waals surface area contributed by atoms with Gasteiger partial charge >= 0.3 is 0 Å². The maximum atomic E-state index is 4.72. The van der Waals surface area contributed by atoms with Gasteiger partial charge in [0.2, 0.25) is 0 Å². The van der Waals surface area contributed by atoms with Crippen LogP contribution < -0.4 is 0 Å². The van der Waals surface area contributed by atoms with E-state index in [1.807, 2.05) is 24.7 Å². The van der Waals surface area contributed by atoms with Crippen molar-refractivity contribution in [2.24, 2.45) is 0 Å². The highest BCUT2D eigenvalue weighted by Crippen LogP contribution is 2.29. The van der Waals surface area contributed by atoms with Crippen LogP contribution in [-0.4, -0.2) is 42.5 Å². The zero-order valence-electron chi connectivity index (χ0n) is 15.1. The van der Waals surface area contributed by atoms with Gasteiger partial charge in [0.05, 0.1) is 11.4 Å². The first-order valence-corrected chi connectivity index (χ1v) is 9.31. The molecule has 0 spiro atoms. The highest BCUT2D eigenvalue weighted by Gasteiger charge is 2.26. The fraction of sp³-hybridized carbons (Fsp3) is 0.400. The molecule has 3 aromatic rings. The second-order valence-electron chi connectivity index (χ2n) is 6.73. The van der Waals surface area contributed by atoms with Gasteiger partial charge in [-0.25, -0.2) is 9.97 Å². The van der Waals surface area contributed by atoms with E-state index in [0.29, 0.717) is 5.92 Å². The summed E-state index contributed by atoms with van der Waals surface area (Å²) in [6, 6.07) is 6.11. The lowest BCUT2D eigenvalue weighted by molar-refractivity contribution is 0.196. The first-order chi connectivity index (χ1) is 12.8. The summed E-state index contributed by atoms with van der Waals surface area (Å²) < 4.78 is 2.08. The Bertz CT molecular complexity index is 844. The summed E-state index contributed by atoms with van der Waals surface area (Å²) in [7, 11) is 0. The fourth-order valence-electron chi connectivity index (χ4n) is 3.75. The summed E-state index contributed by atoms with van der Waals surface area (Å²) in [5, 5.41) is 0. The molecule has 1 fully saturated rings. The number of imidazole rings is 1. The predicted octanol–water partition coefficient (Wildman–Crippen LogP) is 3.00. The molecule has 6 nitrogen and oxygen atoms in total. The third-order valence-electron chi connectivity index (χ3n) is 4.97. The van der Waals surface area contributed by atoms with Crippen LogP contribution in [0.4, 0.5) is 0 Å². The topological polar surface area (TPSA) is 59.7 Å². The van der Waals surface area contributed by atoms with Crippen LogP contribution in [0.15, 0.2) is 49.2 Å². The second-order valence-corrected chi connectivity index (χ2v) is 6.73. The minimum Gasteiger partial charge on any atom is -0.297 e. The first-order valence-electron chi connectivity index (χ1n) is 9.31. The molecule has 1 atom stereocenters. The van der Waals surface area contributed by atoms with Crippen molar-refractivity contribution in [3.8, 4) is 5.82 Å². The molecule has 0 radical (unpaired) electrons. The van der Waals surface area contributed by atoms with Crippen LogP contribution >= 0.6 is 0 Å². The normalized spacial score (nSPS) is 18.1. The van der Waals surface area contributed by atoms with E-state index >= 15 is 0 Å². The molecule has 0 unspecified atom stereocenters. The lowest BCUT2D eigenvalue weighted by Gasteiger charge is -2.32. The molecule has 4 rings (SSSR count). The summed E-state index contributed by atoms with van der Waals surface area (Å²) >= 11 is 0. The Morgan fingerprint density at radius 1 is 1.04 bits per heavy atom. The standard InChI is InChI=1S/C20H24N6/c1-2-18-22-11-13-26(18)20-19(23-9-10-24-20)16-6-5-12-25(14-16)15-17-7-3-4-8-21-17/h3-4,7-11,13,16H,2,5-6,12,14-15H2,1H3/t16-/m0/s1. The first kappa shape index (κ1) is 16.8. The molecule has 0 saturated carbocycles. The number of hydrogen-bond acceptors (Lipinski definition) is 5. The summed E-state index contributed by atoms with van der Waals surface area (Å²) in [4.78, 5) is 20.8. The van der Waals surface area contributed by atoms with Gasteiger partial charge in [0, 0.05) is 56.4 Å². The van der Waals surface area contributed by atoms with Gasteiger partial charge in [-0.3, -0.25) is 19.4 Å². The van der Waals surface area contributed by atoms with Crippen molar-refractivity contribution in [3.63, 3.8) is 0 Å². The van der Waals surface area contributed by atoms with E-state index in [-0.39, 0.29) is 0 Å². The Labute approximate surface area is 154 Å². The van der Waals surface area contributed by atoms with Crippen molar-refractivity contribution in [2.45, 2.75) is 38.6 Å². The van der Waals surface area contributed by atoms with Gasteiger partial charge in [-0.2, -0.15) is 0 Å². The Morgan fingerprint density at radius 3 is 2.81 bits per heavy atom. The van der Waals surface area contributed by atoms with Gasteiger partial charge in [-0.1, -0.05) is 13.0 Å². The number of piperidine rings is 1. The summed E-state index contributed by atoms with van der Waals surface area (Å²) in [5.41, 5.74) is 2.20. The van der Waals surface area contributed by atoms with Crippen LogP contribution in [0.3, 0.4) is 0 Å². The Balaban J connectivity index is 1.58. The molecule has 0 amide bonds. The molecular formula is C20H24N6. The fourth-order valence-corrected chi connectivity index (χ4v) is 3.75. The van der Waals surface area contributed by atoms with E-state index in [0.717, 1.165) is 61.9 Å². The van der Waals surface area contributed by atoms with Crippen molar-refractivity contribution in [2.75, 3.05) is 13.1 Å². The molecule has 1 aliphatic rings. The maximum absolute atomic E-state index is 4.72. The van der Waals surface area contributed by atoms with Crippen LogP contribution in [0.5, 0.6) is 0 Å². The minimum absolute atomic E-state index is 0.378. The summed E-state index contributed by atoms with van der Waals surface area (Å²) in [5.74, 6) is 2.32. The van der Waals surface area contributed by atoms with E-state index in [1.165, 1.54) is 0 Å². The van der Waals surface area contributed by atoms with Gasteiger partial charge in [0.1, 0.15) is 5.82 Å². The molecule has 1 saturated heterocycles. The van der Waals surface area contributed by atoms with Crippen LogP contribution in [-0.2, 0) is 13.0 Å². The van der Waals surface area contributed by atoms with Crippen molar-refractivity contribution in [3.05, 3.63) is 66.4 Å². The molecule has 0 bridgehead atoms. The lowest BCUT2D eigenvalue weighted by atomic mass is 9.94. The number of rotatable bonds is 5. The molecule has 6 heteroatoms. The smallest absolute Gasteiger partial charge is 0.160 e. The Kier molecular flexibility index (Phi) is 5.02. The van der Waals surface area contributed by atoms with Gasteiger partial charge in [0.25, 0.3) is 0 Å². The van der Waals surface area contributed by atoms with E-state index in [4.69, 9.17) is 4.98 Å². The number of nitrogens with zero attached hydrogens (tertiary/aromatic N) is 6. The maximum Gasteiger partial charge on any atom is 0.160 e. The van der Waals surface area contributed by atoms with E-state index < -0.39 is 0 Å². The molecular weight excluding hydrogens is 324 g/mol. The third-order valence-corrected chi connectivity index (χ3v) is 4.97. The highest BCUT2D eigenvalue weighted by atomic mass is 15.2. The van der Waals surface area contributed by atoms with Crippen LogP contribution in [0.1, 0.15) is 42.9 Å². The van der Waals surface area contributed by atoms with Crippen molar-refractivity contribution >= 4 is 0 Å². The van der Waals surface area contributed by atoms with E-state index in [1.54, 1.807) is 12.4 Å². The third kappa shape index (κ3) is 3.51. The van der Waals surface area contributed by atoms with Gasteiger partial charge < -0.3 is 0 Å². The largest absolute Gasteiger partial charge is 0.297 e. The molecule has 1 aliphatic heterocycles. The molecule has 134 valence electrons. The van der Waals surface area contributed by atoms with Gasteiger partial charge in [-0.15, -0.1) is 0 Å². The average Bonchev–Trinajstić information content (AvgIpc) is 3.18. The monoisotopic (exact) mass is 348 g/mol. The summed E-state index contributed by atoms with van der Waals surface area (Å²) in [6.07, 6.45) is 12.4. The number of likely N-dealkylation sites (tertiary alicyclic amines) is 1. The number of pyridine rings is 1. The number of aromatic nitrogens is 5. The van der Waals surface area contributed by atoms with Crippen LogP contribution in [0, 0.1) is 0 Å². The molecule has 0 aromatic carbocycles. The molecule has 0 aliphatic carbocycles. The highest BCUT2D eigenvalue weighted by molar-refractivity contribution is 5.33. The minimum atomic E-state index is 0.378. The second kappa shape index (κ2) is 7.74. The SMILES string of the molecule is CCc1nccn1-c1nccnc1[C@H]1CCCN(Cc2ccccn2)C1. The molecule has 4 heterocycles. The quantitative estimate of drug-likeness (QED) is 0.709. The summed E-state index contributed by atoms with van der Waals surface area (Å²) in [6.45, 7) is 5.09. The van der Waals surface area contributed by atoms with Crippen LogP contribution in [0.25, 0.3) is 5.82 Å². The van der Waals surface area contributed by atoms with Gasteiger partial charge in [0.15, 0.2) is 5.82 Å². The Morgan fingerprint density at radius 2 is 1.96 bits per heavy atom. The van der Waals surface area contributed by atoms with Crippen molar-refractivity contribution in [1.82, 2.24) is 29.4 Å². The van der Waals surface area contributed by atoms with Crippen molar-refractivity contribution < 1.29 is 0 Å². The number of aryl methyl sites for hydroxylation is 1. The molecule has 3 aromatic heterocycles. The Hall–Kier alpha value is -2.60. The molecule has 26 heavy (non-hydrogen) atoms. The molecule has 0 N–H and O–H groups in total. The number of hydrogen-bond donors (Lipinski definition) is 0. The predicted molar refractivity (Wildman–Crippen MR) is 100 cm³/mol. The zero-order chi connectivity index (χ0) is 17.8. The zero-order valence-corrected chi connectivity index (χ0v) is 15.1.